The zero-order valence-corrected chi connectivity index (χ0v) is 14.0. The molecule has 0 bridgehead atoms. The summed E-state index contributed by atoms with van der Waals surface area (Å²) in [5, 5.41) is 3.95. The number of hydrogen-bond donors (Lipinski definition) is 0. The van der Waals surface area contributed by atoms with Crippen molar-refractivity contribution in [2.45, 2.75) is 52.2 Å². The second-order valence-corrected chi connectivity index (χ2v) is 6.81. The van der Waals surface area contributed by atoms with Gasteiger partial charge in [-0.1, -0.05) is 5.16 Å². The van der Waals surface area contributed by atoms with E-state index in [2.05, 4.69) is 10.1 Å². The lowest BCUT2D eigenvalue weighted by Gasteiger charge is -2.39. The van der Waals surface area contributed by atoms with Crippen molar-refractivity contribution in [1.82, 2.24) is 15.0 Å². The van der Waals surface area contributed by atoms with Crippen LogP contribution in [0.3, 0.4) is 0 Å². The van der Waals surface area contributed by atoms with Crippen molar-refractivity contribution in [2.24, 2.45) is 5.92 Å². The third-order valence-corrected chi connectivity index (χ3v) is 3.45. The summed E-state index contributed by atoms with van der Waals surface area (Å²) >= 11 is 0. The molecule has 1 aromatic rings. The number of likely N-dealkylation sites (tertiary alicyclic amines) is 1. The fourth-order valence-electron chi connectivity index (χ4n) is 2.22. The Balaban J connectivity index is 1.75. The van der Waals surface area contributed by atoms with Gasteiger partial charge in [-0.2, -0.15) is 4.98 Å². The minimum atomic E-state index is -0.457. The molecule has 1 aromatic heterocycles. The van der Waals surface area contributed by atoms with Crippen LogP contribution in [0.4, 0.5) is 4.79 Å². The Hall–Kier alpha value is -1.63. The topological polar surface area (TPSA) is 77.7 Å². The Labute approximate surface area is 131 Å². The molecule has 0 aliphatic carbocycles. The molecule has 2 rings (SSSR count). The molecule has 0 N–H and O–H groups in total. The van der Waals surface area contributed by atoms with E-state index in [1.54, 1.807) is 12.0 Å². The van der Waals surface area contributed by atoms with Crippen molar-refractivity contribution in [3.63, 3.8) is 0 Å². The maximum atomic E-state index is 11.8. The summed E-state index contributed by atoms with van der Waals surface area (Å²) in [7, 11) is 1.66. The zero-order chi connectivity index (χ0) is 16.3. The van der Waals surface area contributed by atoms with Crippen LogP contribution in [-0.2, 0) is 22.3 Å². The van der Waals surface area contributed by atoms with Gasteiger partial charge in [0.25, 0.3) is 0 Å². The highest BCUT2D eigenvalue weighted by atomic mass is 16.6. The Morgan fingerprint density at radius 2 is 2.14 bits per heavy atom. The lowest BCUT2D eigenvalue weighted by Crippen LogP contribution is -2.52. The van der Waals surface area contributed by atoms with E-state index < -0.39 is 5.60 Å². The summed E-state index contributed by atoms with van der Waals surface area (Å²) in [6, 6.07) is 0. The largest absolute Gasteiger partial charge is 0.444 e. The molecule has 1 fully saturated rings. The maximum absolute atomic E-state index is 11.8. The molecular formula is C15H25N3O4. The number of carbonyl (C=O) groups is 1. The number of ether oxygens (including phenoxy) is 2. The highest BCUT2D eigenvalue weighted by molar-refractivity contribution is 5.69. The van der Waals surface area contributed by atoms with E-state index in [1.807, 2.05) is 27.7 Å². The third kappa shape index (κ3) is 4.69. The molecule has 22 heavy (non-hydrogen) atoms. The summed E-state index contributed by atoms with van der Waals surface area (Å²) in [6.07, 6.45) is 1.13. The molecule has 1 amide bonds. The first kappa shape index (κ1) is 16.7. The van der Waals surface area contributed by atoms with E-state index in [4.69, 9.17) is 14.0 Å². The van der Waals surface area contributed by atoms with Gasteiger partial charge in [-0.3, -0.25) is 0 Å². The van der Waals surface area contributed by atoms with Crippen LogP contribution in [0.5, 0.6) is 0 Å². The van der Waals surface area contributed by atoms with Crippen molar-refractivity contribution in [3.8, 4) is 0 Å². The molecule has 0 spiro atoms. The Morgan fingerprint density at radius 3 is 2.73 bits per heavy atom. The minimum absolute atomic E-state index is 0.0665. The maximum Gasteiger partial charge on any atom is 0.410 e. The van der Waals surface area contributed by atoms with Gasteiger partial charge in [0.1, 0.15) is 5.60 Å². The second-order valence-electron chi connectivity index (χ2n) is 6.81. The van der Waals surface area contributed by atoms with Crippen molar-refractivity contribution in [2.75, 3.05) is 20.2 Å². The monoisotopic (exact) mass is 311 g/mol. The van der Waals surface area contributed by atoms with Crippen LogP contribution < -0.4 is 0 Å². The number of nitrogens with zero attached hydrogens (tertiary/aromatic N) is 3. The average molecular weight is 311 g/mol. The molecule has 0 saturated carbocycles. The molecule has 1 atom stereocenters. The number of aromatic nitrogens is 2. The van der Waals surface area contributed by atoms with E-state index >= 15 is 0 Å². The van der Waals surface area contributed by atoms with Gasteiger partial charge in [0, 0.05) is 39.0 Å². The molecule has 7 nitrogen and oxygen atoms in total. The number of amides is 1. The number of carbonyl (C=O) groups excluding carboxylic acids is 1. The predicted octanol–water partition coefficient (Wildman–Crippen LogP) is 2.06. The lowest BCUT2D eigenvalue weighted by atomic mass is 9.97. The molecule has 1 saturated heterocycles. The SMILES string of the molecule is COC(C)Cc1noc(CC2CN(C(=O)OC(C)(C)C)C2)n1. The summed E-state index contributed by atoms with van der Waals surface area (Å²) in [5.41, 5.74) is -0.457. The van der Waals surface area contributed by atoms with Crippen LogP contribution in [0.1, 0.15) is 39.4 Å². The van der Waals surface area contributed by atoms with E-state index in [-0.39, 0.29) is 12.2 Å². The third-order valence-electron chi connectivity index (χ3n) is 3.45. The first-order valence-electron chi connectivity index (χ1n) is 7.59. The smallest absolute Gasteiger partial charge is 0.410 e. The average Bonchev–Trinajstić information content (AvgIpc) is 2.78. The van der Waals surface area contributed by atoms with Crippen LogP contribution in [0.25, 0.3) is 0 Å². The zero-order valence-electron chi connectivity index (χ0n) is 14.0. The summed E-state index contributed by atoms with van der Waals surface area (Å²) in [6.45, 7) is 8.89. The molecule has 1 unspecified atom stereocenters. The molecule has 0 aromatic carbocycles. The lowest BCUT2D eigenvalue weighted by molar-refractivity contribution is -0.00187. The molecule has 124 valence electrons. The van der Waals surface area contributed by atoms with Crippen LogP contribution in [0.2, 0.25) is 0 Å². The quantitative estimate of drug-likeness (QED) is 0.828. The van der Waals surface area contributed by atoms with Crippen molar-refractivity contribution < 1.29 is 18.8 Å². The fourth-order valence-corrected chi connectivity index (χ4v) is 2.22. The van der Waals surface area contributed by atoms with Crippen LogP contribution >= 0.6 is 0 Å². The highest BCUT2D eigenvalue weighted by Crippen LogP contribution is 2.22. The Bertz CT molecular complexity index is 503. The van der Waals surface area contributed by atoms with Gasteiger partial charge in [-0.15, -0.1) is 0 Å². The van der Waals surface area contributed by atoms with E-state index in [9.17, 15) is 4.79 Å². The van der Waals surface area contributed by atoms with E-state index in [1.165, 1.54) is 0 Å². The van der Waals surface area contributed by atoms with E-state index in [0.717, 1.165) is 0 Å². The first-order chi connectivity index (χ1) is 10.3. The first-order valence-corrected chi connectivity index (χ1v) is 7.59. The second kappa shape index (κ2) is 6.64. The number of hydrogen-bond acceptors (Lipinski definition) is 6. The Morgan fingerprint density at radius 1 is 1.45 bits per heavy atom. The molecule has 0 radical (unpaired) electrons. The summed E-state index contributed by atoms with van der Waals surface area (Å²) < 4.78 is 15.7. The summed E-state index contributed by atoms with van der Waals surface area (Å²) in [5.74, 6) is 1.63. The molecule has 7 heteroatoms. The van der Waals surface area contributed by atoms with Crippen LogP contribution in [0, 0.1) is 5.92 Å². The molecule has 1 aliphatic rings. The van der Waals surface area contributed by atoms with Crippen LogP contribution in [0.15, 0.2) is 4.52 Å². The van der Waals surface area contributed by atoms with Crippen molar-refractivity contribution in [3.05, 3.63) is 11.7 Å². The normalized spacial score (nSPS) is 17.2. The highest BCUT2D eigenvalue weighted by Gasteiger charge is 2.34. The molecular weight excluding hydrogens is 286 g/mol. The van der Waals surface area contributed by atoms with Gasteiger partial charge in [-0.05, 0) is 27.7 Å². The summed E-state index contributed by atoms with van der Waals surface area (Å²) in [4.78, 5) is 17.9. The van der Waals surface area contributed by atoms with Gasteiger partial charge >= 0.3 is 6.09 Å². The van der Waals surface area contributed by atoms with Crippen LogP contribution in [-0.4, -0.2) is 53.0 Å². The van der Waals surface area contributed by atoms with Crippen molar-refractivity contribution >= 4 is 6.09 Å². The van der Waals surface area contributed by atoms with Gasteiger partial charge in [0.15, 0.2) is 5.82 Å². The number of methoxy groups -OCH3 is 1. The molecule has 1 aliphatic heterocycles. The fraction of sp³-hybridized carbons (Fsp3) is 0.800. The van der Waals surface area contributed by atoms with Gasteiger partial charge in [0.2, 0.25) is 5.89 Å². The van der Waals surface area contributed by atoms with Gasteiger partial charge in [-0.25, -0.2) is 4.79 Å². The van der Waals surface area contributed by atoms with Gasteiger partial charge in [0.05, 0.1) is 6.10 Å². The minimum Gasteiger partial charge on any atom is -0.444 e. The standard InChI is InChI=1S/C15H25N3O4/c1-10(20-5)6-12-16-13(22-17-12)7-11-8-18(9-11)14(19)21-15(2,3)4/h10-11H,6-9H2,1-5H3. The molecule has 2 heterocycles. The van der Waals surface area contributed by atoms with Crippen molar-refractivity contribution in [1.29, 1.82) is 0 Å². The van der Waals surface area contributed by atoms with E-state index in [0.29, 0.717) is 43.6 Å². The van der Waals surface area contributed by atoms with Gasteiger partial charge < -0.3 is 18.9 Å². The number of rotatable bonds is 5. The predicted molar refractivity (Wildman–Crippen MR) is 79.5 cm³/mol. The Kier molecular flexibility index (Phi) is 5.05.